The first-order chi connectivity index (χ1) is 12.2. The number of phenolic OH excluding ortho intramolecular Hbond substituents is 1. The zero-order chi connectivity index (χ0) is 17.2. The van der Waals surface area contributed by atoms with Crippen molar-refractivity contribution < 1.29 is 9.52 Å². The minimum atomic E-state index is -0.0848. The summed E-state index contributed by atoms with van der Waals surface area (Å²) in [5.74, 6) is 0.675. The van der Waals surface area contributed by atoms with E-state index in [1.807, 2.05) is 60.7 Å². The van der Waals surface area contributed by atoms with Crippen molar-refractivity contribution >= 4 is 11.0 Å². The summed E-state index contributed by atoms with van der Waals surface area (Å²) in [5.41, 5.74) is 2.77. The lowest BCUT2D eigenvalue weighted by molar-refractivity contribution is 0.473. The fraction of sp³-hybridized carbons (Fsp3) is 0.0455. The molecule has 4 aromatic rings. The Morgan fingerprint density at radius 1 is 0.840 bits per heavy atom. The second-order valence-electron chi connectivity index (χ2n) is 5.94. The highest BCUT2D eigenvalue weighted by atomic mass is 16.3. The summed E-state index contributed by atoms with van der Waals surface area (Å²) < 4.78 is 6.05. The van der Waals surface area contributed by atoms with Crippen LogP contribution in [0, 0.1) is 0 Å². The maximum Gasteiger partial charge on any atom is 0.200 e. The van der Waals surface area contributed by atoms with Crippen LogP contribution in [0.25, 0.3) is 22.1 Å². The van der Waals surface area contributed by atoms with Crippen LogP contribution in [0.5, 0.6) is 5.75 Å². The number of fused-ring (bicyclic) bond motifs is 1. The monoisotopic (exact) mass is 328 g/mol. The van der Waals surface area contributed by atoms with Gasteiger partial charge in [-0.05, 0) is 23.3 Å². The highest BCUT2D eigenvalue weighted by Crippen LogP contribution is 2.28. The number of hydrogen-bond acceptors (Lipinski definition) is 3. The normalized spacial score (nSPS) is 10.9. The van der Waals surface area contributed by atoms with E-state index in [0.717, 1.165) is 11.1 Å². The van der Waals surface area contributed by atoms with E-state index in [4.69, 9.17) is 4.42 Å². The zero-order valence-electron chi connectivity index (χ0n) is 13.5. The molecule has 0 unspecified atom stereocenters. The van der Waals surface area contributed by atoms with Gasteiger partial charge in [-0.25, -0.2) is 0 Å². The summed E-state index contributed by atoms with van der Waals surface area (Å²) >= 11 is 0. The van der Waals surface area contributed by atoms with Crippen LogP contribution in [0.2, 0.25) is 0 Å². The van der Waals surface area contributed by atoms with Crippen LogP contribution < -0.4 is 5.43 Å². The summed E-state index contributed by atoms with van der Waals surface area (Å²) in [6.07, 6.45) is 0.506. The van der Waals surface area contributed by atoms with E-state index in [1.54, 1.807) is 6.07 Å². The predicted octanol–water partition coefficient (Wildman–Crippen LogP) is 4.76. The average molecular weight is 328 g/mol. The Morgan fingerprint density at radius 2 is 1.52 bits per heavy atom. The second kappa shape index (κ2) is 6.29. The highest BCUT2D eigenvalue weighted by molar-refractivity contribution is 5.83. The number of phenols is 1. The maximum atomic E-state index is 13.1. The van der Waals surface area contributed by atoms with Crippen LogP contribution in [0.4, 0.5) is 0 Å². The third-order valence-corrected chi connectivity index (χ3v) is 4.22. The topological polar surface area (TPSA) is 50.4 Å². The number of benzene rings is 3. The van der Waals surface area contributed by atoms with Gasteiger partial charge in [-0.15, -0.1) is 0 Å². The van der Waals surface area contributed by atoms with E-state index in [2.05, 4.69) is 0 Å². The van der Waals surface area contributed by atoms with Gasteiger partial charge in [0.25, 0.3) is 0 Å². The lowest BCUT2D eigenvalue weighted by atomic mass is 9.98. The van der Waals surface area contributed by atoms with Gasteiger partial charge in [-0.2, -0.15) is 0 Å². The second-order valence-corrected chi connectivity index (χ2v) is 5.94. The summed E-state index contributed by atoms with van der Waals surface area (Å²) in [6.45, 7) is 0. The molecule has 1 N–H and O–H groups in total. The standard InChI is InChI=1S/C22H16O3/c23-17-11-12-18-19(14-17)25-20(13-15-7-3-1-4-8-15)21(22(18)24)16-9-5-2-6-10-16/h1-12,14,23H,13H2. The SMILES string of the molecule is O=c1c(-c2ccccc2)c(Cc2ccccc2)oc2cc(O)ccc12. The molecule has 0 bridgehead atoms. The quantitative estimate of drug-likeness (QED) is 0.590. The van der Waals surface area contributed by atoms with Crippen molar-refractivity contribution in [1.82, 2.24) is 0 Å². The molecule has 1 heterocycles. The molecule has 0 saturated carbocycles. The fourth-order valence-corrected chi connectivity index (χ4v) is 3.03. The Labute approximate surface area is 144 Å². The molecule has 0 saturated heterocycles. The van der Waals surface area contributed by atoms with Crippen molar-refractivity contribution in [2.75, 3.05) is 0 Å². The van der Waals surface area contributed by atoms with Crippen molar-refractivity contribution in [3.63, 3.8) is 0 Å². The summed E-state index contributed by atoms with van der Waals surface area (Å²) in [5, 5.41) is 10.2. The molecule has 25 heavy (non-hydrogen) atoms. The molecule has 3 aromatic carbocycles. The minimum absolute atomic E-state index is 0.0776. The van der Waals surface area contributed by atoms with Crippen LogP contribution in [0.15, 0.2) is 88.1 Å². The van der Waals surface area contributed by atoms with Gasteiger partial charge in [-0.3, -0.25) is 4.79 Å². The van der Waals surface area contributed by atoms with Gasteiger partial charge in [0, 0.05) is 12.5 Å². The first kappa shape index (κ1) is 15.2. The molecule has 0 aliphatic heterocycles. The molecule has 0 fully saturated rings. The average Bonchev–Trinajstić information content (AvgIpc) is 2.63. The van der Waals surface area contributed by atoms with Crippen molar-refractivity contribution in [2.45, 2.75) is 6.42 Å². The summed E-state index contributed by atoms with van der Waals surface area (Å²) in [7, 11) is 0. The first-order valence-corrected chi connectivity index (χ1v) is 8.10. The Morgan fingerprint density at radius 3 is 2.24 bits per heavy atom. The first-order valence-electron chi connectivity index (χ1n) is 8.10. The van der Waals surface area contributed by atoms with Crippen LogP contribution in [0.1, 0.15) is 11.3 Å². The zero-order valence-corrected chi connectivity index (χ0v) is 13.5. The third-order valence-electron chi connectivity index (χ3n) is 4.22. The smallest absolute Gasteiger partial charge is 0.200 e. The molecule has 122 valence electrons. The van der Waals surface area contributed by atoms with Gasteiger partial charge in [0.2, 0.25) is 5.43 Å². The Bertz CT molecular complexity index is 1080. The van der Waals surface area contributed by atoms with Crippen LogP contribution >= 0.6 is 0 Å². The van der Waals surface area contributed by atoms with E-state index in [9.17, 15) is 9.90 Å². The molecule has 0 radical (unpaired) electrons. The maximum absolute atomic E-state index is 13.1. The number of aromatic hydroxyl groups is 1. The van der Waals surface area contributed by atoms with Gasteiger partial charge in [0.15, 0.2) is 0 Å². The fourth-order valence-electron chi connectivity index (χ4n) is 3.03. The Balaban J connectivity index is 1.99. The lowest BCUT2D eigenvalue weighted by Gasteiger charge is -2.11. The molecule has 3 heteroatoms. The van der Waals surface area contributed by atoms with E-state index < -0.39 is 0 Å². The summed E-state index contributed by atoms with van der Waals surface area (Å²) in [4.78, 5) is 13.1. The van der Waals surface area contributed by atoms with Crippen LogP contribution in [0.3, 0.4) is 0 Å². The third kappa shape index (κ3) is 2.92. The summed E-state index contributed by atoms with van der Waals surface area (Å²) in [6, 6.07) is 24.0. The van der Waals surface area contributed by atoms with Crippen molar-refractivity contribution in [2.24, 2.45) is 0 Å². The Hall–Kier alpha value is -3.33. The van der Waals surface area contributed by atoms with Gasteiger partial charge in [0.1, 0.15) is 17.1 Å². The minimum Gasteiger partial charge on any atom is -0.508 e. The van der Waals surface area contributed by atoms with Gasteiger partial charge < -0.3 is 9.52 Å². The van der Waals surface area contributed by atoms with Crippen molar-refractivity contribution in [1.29, 1.82) is 0 Å². The molecule has 0 atom stereocenters. The molecule has 0 spiro atoms. The molecule has 0 aliphatic carbocycles. The molecule has 4 rings (SSSR count). The molecular formula is C22H16O3. The number of hydrogen-bond donors (Lipinski definition) is 1. The van der Waals surface area contributed by atoms with Gasteiger partial charge in [-0.1, -0.05) is 60.7 Å². The van der Waals surface area contributed by atoms with E-state index in [1.165, 1.54) is 12.1 Å². The van der Waals surface area contributed by atoms with E-state index in [0.29, 0.717) is 28.7 Å². The van der Waals surface area contributed by atoms with Crippen molar-refractivity contribution in [3.8, 4) is 16.9 Å². The van der Waals surface area contributed by atoms with Crippen LogP contribution in [-0.2, 0) is 6.42 Å². The highest BCUT2D eigenvalue weighted by Gasteiger charge is 2.16. The Kier molecular flexibility index (Phi) is 3.82. The molecule has 1 aromatic heterocycles. The molecular weight excluding hydrogens is 312 g/mol. The lowest BCUT2D eigenvalue weighted by Crippen LogP contribution is -2.09. The number of rotatable bonds is 3. The molecule has 3 nitrogen and oxygen atoms in total. The van der Waals surface area contributed by atoms with Gasteiger partial charge >= 0.3 is 0 Å². The van der Waals surface area contributed by atoms with Gasteiger partial charge in [0.05, 0.1) is 10.9 Å². The van der Waals surface area contributed by atoms with E-state index >= 15 is 0 Å². The largest absolute Gasteiger partial charge is 0.508 e. The van der Waals surface area contributed by atoms with Crippen molar-refractivity contribution in [3.05, 3.63) is 100 Å². The molecule has 0 aliphatic rings. The molecule has 0 amide bonds. The van der Waals surface area contributed by atoms with E-state index in [-0.39, 0.29) is 11.2 Å². The van der Waals surface area contributed by atoms with Crippen LogP contribution in [-0.4, -0.2) is 5.11 Å². The predicted molar refractivity (Wildman–Crippen MR) is 98.8 cm³/mol.